The molecular formula is C33H57NO3. The molecule has 0 bridgehead atoms. The largest absolute Gasteiger partial charge is 0.395 e. The molecule has 4 rings (SSSR count). The first kappa shape index (κ1) is 29.1. The Morgan fingerprint density at radius 1 is 1.00 bits per heavy atom. The van der Waals surface area contributed by atoms with Gasteiger partial charge in [0.15, 0.2) is 0 Å². The van der Waals surface area contributed by atoms with Crippen LogP contribution in [-0.4, -0.2) is 35.4 Å². The molecule has 212 valence electrons. The van der Waals surface area contributed by atoms with Crippen LogP contribution < -0.4 is 5.32 Å². The summed E-state index contributed by atoms with van der Waals surface area (Å²) in [6.45, 7) is 15.9. The molecule has 37 heavy (non-hydrogen) atoms. The zero-order valence-electron chi connectivity index (χ0n) is 25.0. The van der Waals surface area contributed by atoms with E-state index in [0.29, 0.717) is 16.7 Å². The summed E-state index contributed by atoms with van der Waals surface area (Å²) in [4.78, 5) is 12.8. The Kier molecular flexibility index (Phi) is 8.62. The van der Waals surface area contributed by atoms with Crippen molar-refractivity contribution < 1.29 is 15.0 Å². The van der Waals surface area contributed by atoms with Crippen LogP contribution >= 0.6 is 0 Å². The zero-order chi connectivity index (χ0) is 27.2. The van der Waals surface area contributed by atoms with Gasteiger partial charge in [0.2, 0.25) is 5.91 Å². The molecule has 0 aromatic rings. The lowest BCUT2D eigenvalue weighted by Gasteiger charge is -2.57. The summed E-state index contributed by atoms with van der Waals surface area (Å²) in [6, 6.07) is 0.163. The topological polar surface area (TPSA) is 69.6 Å². The number of aliphatic hydroxyl groups excluding tert-OH is 2. The summed E-state index contributed by atoms with van der Waals surface area (Å²) in [5.41, 5.74) is 3.39. The van der Waals surface area contributed by atoms with Crippen molar-refractivity contribution in [2.45, 2.75) is 125 Å². The second-order valence-electron chi connectivity index (χ2n) is 15.0. The van der Waals surface area contributed by atoms with Crippen molar-refractivity contribution in [3.05, 3.63) is 11.1 Å². The van der Waals surface area contributed by atoms with Gasteiger partial charge in [-0.05, 0) is 111 Å². The average Bonchev–Trinajstić information content (AvgIpc) is 3.23. The lowest BCUT2D eigenvalue weighted by atomic mass is 9.48. The standard InChI is InChI=1S/C33H57NO3/c1-21(2)22(3)8-9-23(4)27-12-13-28-26-11-10-24-18-25(34-30(37)31(5,19-35)20-36)14-16-32(24,6)29(26)15-17-33(27,28)7/h21-25,27,29,35-36H,8-20H2,1-7H3,(H,34,37)/t22-,23+,24-,25+,27+,29-,32-,33+/m0/s1. The smallest absolute Gasteiger partial charge is 0.230 e. The van der Waals surface area contributed by atoms with E-state index >= 15 is 0 Å². The maximum absolute atomic E-state index is 12.8. The molecule has 0 aromatic heterocycles. The highest BCUT2D eigenvalue weighted by Crippen LogP contribution is 2.66. The zero-order valence-corrected chi connectivity index (χ0v) is 25.0. The number of rotatable bonds is 9. The van der Waals surface area contributed by atoms with Crippen molar-refractivity contribution in [2.24, 2.45) is 51.8 Å². The molecule has 1 amide bonds. The minimum Gasteiger partial charge on any atom is -0.395 e. The van der Waals surface area contributed by atoms with E-state index in [1.165, 1.54) is 57.8 Å². The molecule has 0 spiro atoms. The highest BCUT2D eigenvalue weighted by atomic mass is 16.3. The Hall–Kier alpha value is -0.870. The Labute approximate surface area is 227 Å². The van der Waals surface area contributed by atoms with E-state index < -0.39 is 5.41 Å². The number of carbonyl (C=O) groups is 1. The summed E-state index contributed by atoms with van der Waals surface area (Å²) in [7, 11) is 0. The molecule has 0 unspecified atom stereocenters. The fourth-order valence-electron chi connectivity index (χ4n) is 9.19. The van der Waals surface area contributed by atoms with E-state index in [4.69, 9.17) is 0 Å². The van der Waals surface area contributed by atoms with Crippen LogP contribution in [0.15, 0.2) is 11.1 Å². The molecule has 4 aliphatic rings. The van der Waals surface area contributed by atoms with Crippen LogP contribution in [-0.2, 0) is 4.79 Å². The number of allylic oxidation sites excluding steroid dienone is 2. The number of fused-ring (bicyclic) bond motifs is 4. The lowest BCUT2D eigenvalue weighted by Crippen LogP contribution is -2.53. The van der Waals surface area contributed by atoms with E-state index in [1.54, 1.807) is 6.92 Å². The van der Waals surface area contributed by atoms with Gasteiger partial charge in [0.25, 0.3) is 0 Å². The molecule has 3 N–H and O–H groups in total. The third-order valence-electron chi connectivity index (χ3n) is 12.5. The van der Waals surface area contributed by atoms with Gasteiger partial charge < -0.3 is 15.5 Å². The van der Waals surface area contributed by atoms with Gasteiger partial charge in [-0.15, -0.1) is 0 Å². The van der Waals surface area contributed by atoms with Crippen LogP contribution in [0.1, 0.15) is 119 Å². The molecule has 8 atom stereocenters. The van der Waals surface area contributed by atoms with E-state index in [9.17, 15) is 15.0 Å². The number of hydrogen-bond acceptors (Lipinski definition) is 3. The molecule has 4 aliphatic carbocycles. The second-order valence-corrected chi connectivity index (χ2v) is 15.0. The van der Waals surface area contributed by atoms with E-state index in [0.717, 1.165) is 42.4 Å². The number of hydrogen-bond donors (Lipinski definition) is 3. The summed E-state index contributed by atoms with van der Waals surface area (Å²) < 4.78 is 0. The fraction of sp³-hybridized carbons (Fsp3) is 0.909. The summed E-state index contributed by atoms with van der Waals surface area (Å²) in [5, 5.41) is 22.5. The first-order chi connectivity index (χ1) is 17.4. The molecule has 0 aliphatic heterocycles. The summed E-state index contributed by atoms with van der Waals surface area (Å²) in [6.07, 6.45) is 13.9. The molecule has 4 nitrogen and oxygen atoms in total. The van der Waals surface area contributed by atoms with Crippen molar-refractivity contribution in [2.75, 3.05) is 13.2 Å². The van der Waals surface area contributed by atoms with Crippen LogP contribution in [0.2, 0.25) is 0 Å². The molecule has 4 heteroatoms. The van der Waals surface area contributed by atoms with Gasteiger partial charge in [-0.1, -0.05) is 65.5 Å². The van der Waals surface area contributed by atoms with Crippen molar-refractivity contribution >= 4 is 5.91 Å². The van der Waals surface area contributed by atoms with Crippen molar-refractivity contribution in [1.29, 1.82) is 0 Å². The molecule has 0 radical (unpaired) electrons. The number of amides is 1. The van der Waals surface area contributed by atoms with Crippen molar-refractivity contribution in [1.82, 2.24) is 5.32 Å². The monoisotopic (exact) mass is 515 g/mol. The number of nitrogens with one attached hydrogen (secondary N) is 1. The first-order valence-electron chi connectivity index (χ1n) is 15.6. The lowest BCUT2D eigenvalue weighted by molar-refractivity contribution is -0.136. The fourth-order valence-corrected chi connectivity index (χ4v) is 9.19. The molecule has 0 heterocycles. The maximum Gasteiger partial charge on any atom is 0.230 e. The summed E-state index contributed by atoms with van der Waals surface area (Å²) >= 11 is 0. The van der Waals surface area contributed by atoms with Crippen LogP contribution in [0.4, 0.5) is 0 Å². The van der Waals surface area contributed by atoms with Gasteiger partial charge >= 0.3 is 0 Å². The van der Waals surface area contributed by atoms with Crippen molar-refractivity contribution in [3.63, 3.8) is 0 Å². The van der Waals surface area contributed by atoms with Crippen LogP contribution in [0.25, 0.3) is 0 Å². The van der Waals surface area contributed by atoms with Crippen molar-refractivity contribution in [3.8, 4) is 0 Å². The highest BCUT2D eigenvalue weighted by Gasteiger charge is 2.56. The minimum absolute atomic E-state index is 0.163. The first-order valence-corrected chi connectivity index (χ1v) is 15.6. The Morgan fingerprint density at radius 2 is 1.70 bits per heavy atom. The van der Waals surface area contributed by atoms with E-state index in [-0.39, 0.29) is 25.2 Å². The van der Waals surface area contributed by atoms with Crippen LogP contribution in [0.3, 0.4) is 0 Å². The van der Waals surface area contributed by atoms with Gasteiger partial charge in [0.05, 0.1) is 18.6 Å². The van der Waals surface area contributed by atoms with Crippen LogP contribution in [0.5, 0.6) is 0 Å². The normalized spacial score (nSPS) is 37.6. The van der Waals surface area contributed by atoms with E-state index in [2.05, 4.69) is 46.9 Å². The number of carbonyl (C=O) groups excluding carboxylic acids is 1. The molecule has 0 aromatic carbocycles. The SMILES string of the molecule is CC(C)[C@@H](C)CC[C@@H](C)[C@H]1CCC2=C3CC[C@H]4C[C@H](NC(=O)C(C)(CO)CO)CC[C@]4(C)[C@H]3CC[C@@]21C. The molecular weight excluding hydrogens is 458 g/mol. The quantitative estimate of drug-likeness (QED) is 0.293. The van der Waals surface area contributed by atoms with Gasteiger partial charge in [-0.2, -0.15) is 0 Å². The molecule has 3 fully saturated rings. The van der Waals surface area contributed by atoms with Crippen LogP contribution in [0, 0.1) is 51.8 Å². The third-order valence-corrected chi connectivity index (χ3v) is 12.5. The molecule has 0 saturated heterocycles. The molecule has 3 saturated carbocycles. The second kappa shape index (κ2) is 11.0. The summed E-state index contributed by atoms with van der Waals surface area (Å²) in [5.74, 6) is 4.44. The van der Waals surface area contributed by atoms with Gasteiger partial charge in [0.1, 0.15) is 0 Å². The van der Waals surface area contributed by atoms with Gasteiger partial charge in [-0.3, -0.25) is 4.79 Å². The highest BCUT2D eigenvalue weighted by molar-refractivity contribution is 5.82. The van der Waals surface area contributed by atoms with Gasteiger partial charge in [-0.25, -0.2) is 0 Å². The predicted octanol–water partition coefficient (Wildman–Crippen LogP) is 6.89. The Morgan fingerprint density at radius 3 is 2.35 bits per heavy atom. The number of aliphatic hydroxyl groups is 2. The van der Waals surface area contributed by atoms with E-state index in [1.807, 2.05) is 11.1 Å². The predicted molar refractivity (Wildman–Crippen MR) is 152 cm³/mol. The maximum atomic E-state index is 12.8. The average molecular weight is 516 g/mol. The Bertz CT molecular complexity index is 860. The van der Waals surface area contributed by atoms with Gasteiger partial charge in [0, 0.05) is 6.04 Å². The Balaban J connectivity index is 1.45. The third kappa shape index (κ3) is 5.20. The minimum atomic E-state index is -1.10.